The third-order valence-corrected chi connectivity index (χ3v) is 5.66. The Balaban J connectivity index is 2.05. The number of hydrogen-bond donors (Lipinski definition) is 0. The molecule has 0 aliphatic carbocycles. The van der Waals surface area contributed by atoms with Gasteiger partial charge in [-0.1, -0.05) is 30.7 Å². The molecule has 29 heavy (non-hydrogen) atoms. The second-order valence-electron chi connectivity index (χ2n) is 6.60. The quantitative estimate of drug-likeness (QED) is 0.551. The number of benzene rings is 2. The highest BCUT2D eigenvalue weighted by atomic mass is 32.1. The molecule has 0 radical (unpaired) electrons. The minimum Gasteiger partial charge on any atom is -0.497 e. The van der Waals surface area contributed by atoms with Gasteiger partial charge in [-0.3, -0.25) is 9.59 Å². The summed E-state index contributed by atoms with van der Waals surface area (Å²) < 4.78 is 12.7. The number of amides is 1. The fourth-order valence-electron chi connectivity index (χ4n) is 2.97. The molecular weight excluding hydrogens is 388 g/mol. The van der Waals surface area contributed by atoms with Crippen LogP contribution in [0.2, 0.25) is 0 Å². The summed E-state index contributed by atoms with van der Waals surface area (Å²) in [6.45, 7) is 2.16. The number of unbranched alkanes of at least 4 members (excludes halogenated alkanes) is 1. The van der Waals surface area contributed by atoms with E-state index < -0.39 is 5.97 Å². The van der Waals surface area contributed by atoms with Crippen molar-refractivity contribution in [1.29, 1.82) is 0 Å². The van der Waals surface area contributed by atoms with Gasteiger partial charge in [0, 0.05) is 5.56 Å². The predicted molar refractivity (Wildman–Crippen MR) is 113 cm³/mol. The maximum Gasteiger partial charge on any atom is 0.325 e. The van der Waals surface area contributed by atoms with Gasteiger partial charge < -0.3 is 14.0 Å². The smallest absolute Gasteiger partial charge is 0.325 e. The van der Waals surface area contributed by atoms with E-state index in [9.17, 15) is 9.59 Å². The van der Waals surface area contributed by atoms with Crippen LogP contribution in [-0.4, -0.2) is 30.7 Å². The number of ether oxygens (including phenoxy) is 2. The van der Waals surface area contributed by atoms with Crippen LogP contribution in [0.15, 0.2) is 47.5 Å². The molecule has 2 aromatic carbocycles. The Kier molecular flexibility index (Phi) is 6.82. The van der Waals surface area contributed by atoms with E-state index in [0.717, 1.165) is 29.5 Å². The normalized spacial score (nSPS) is 11.6. The topological polar surface area (TPSA) is 69.9 Å². The van der Waals surface area contributed by atoms with E-state index in [0.29, 0.717) is 16.1 Å². The van der Waals surface area contributed by atoms with E-state index in [1.54, 1.807) is 35.9 Å². The van der Waals surface area contributed by atoms with Crippen molar-refractivity contribution in [3.63, 3.8) is 0 Å². The number of hydrogen-bond acceptors (Lipinski definition) is 5. The van der Waals surface area contributed by atoms with E-state index in [1.807, 2.05) is 6.07 Å². The standard InChI is InChI=1S/C22H24N2O4S/c1-4-5-6-15-7-12-18-19(13-15)29-22(24(18)14-20(25)28-3)23-21(26)16-8-10-17(27-2)11-9-16/h7-13H,4-6,14H2,1-3H3. The Morgan fingerprint density at radius 3 is 2.52 bits per heavy atom. The number of aryl methyl sites for hydroxylation is 1. The average molecular weight is 413 g/mol. The third-order valence-electron chi connectivity index (χ3n) is 4.62. The van der Waals surface area contributed by atoms with Gasteiger partial charge >= 0.3 is 5.97 Å². The first-order valence-corrected chi connectivity index (χ1v) is 10.3. The molecule has 7 heteroatoms. The van der Waals surface area contributed by atoms with Gasteiger partial charge in [-0.25, -0.2) is 0 Å². The Morgan fingerprint density at radius 2 is 1.86 bits per heavy atom. The molecule has 0 atom stereocenters. The largest absolute Gasteiger partial charge is 0.497 e. The van der Waals surface area contributed by atoms with Crippen LogP contribution < -0.4 is 9.54 Å². The van der Waals surface area contributed by atoms with E-state index in [2.05, 4.69) is 24.0 Å². The summed E-state index contributed by atoms with van der Waals surface area (Å²) in [4.78, 5) is 29.4. The second kappa shape index (κ2) is 9.52. The lowest BCUT2D eigenvalue weighted by Gasteiger charge is -2.05. The van der Waals surface area contributed by atoms with Crippen LogP contribution in [0.5, 0.6) is 5.75 Å². The van der Waals surface area contributed by atoms with Crippen molar-refractivity contribution < 1.29 is 19.1 Å². The number of nitrogens with zero attached hydrogens (tertiary/aromatic N) is 2. The zero-order chi connectivity index (χ0) is 20.8. The summed E-state index contributed by atoms with van der Waals surface area (Å²) in [5, 5.41) is 0. The SMILES string of the molecule is CCCCc1ccc2c(c1)sc(=NC(=O)c1ccc(OC)cc1)n2CC(=O)OC. The van der Waals surface area contributed by atoms with Crippen LogP contribution in [0.3, 0.4) is 0 Å². The van der Waals surface area contributed by atoms with Gasteiger partial charge in [-0.2, -0.15) is 4.99 Å². The number of rotatable bonds is 7. The van der Waals surface area contributed by atoms with Crippen molar-refractivity contribution in [2.45, 2.75) is 32.7 Å². The Hall–Kier alpha value is -2.93. The van der Waals surface area contributed by atoms with E-state index >= 15 is 0 Å². The molecular formula is C22H24N2O4S. The van der Waals surface area contributed by atoms with Crippen molar-refractivity contribution in [3.8, 4) is 5.75 Å². The van der Waals surface area contributed by atoms with Crippen molar-refractivity contribution in [2.75, 3.05) is 14.2 Å². The molecule has 1 heterocycles. The third kappa shape index (κ3) is 4.92. The highest BCUT2D eigenvalue weighted by Gasteiger charge is 2.13. The first-order chi connectivity index (χ1) is 14.0. The number of carbonyl (C=O) groups excluding carboxylic acids is 2. The lowest BCUT2D eigenvalue weighted by Crippen LogP contribution is -2.22. The van der Waals surface area contributed by atoms with Gasteiger partial charge in [-0.15, -0.1) is 0 Å². The molecule has 3 aromatic rings. The molecule has 0 saturated heterocycles. The van der Waals surface area contributed by atoms with Gasteiger partial charge in [-0.05, 0) is 54.8 Å². The zero-order valence-corrected chi connectivity index (χ0v) is 17.6. The van der Waals surface area contributed by atoms with Crippen molar-refractivity contribution in [1.82, 2.24) is 4.57 Å². The Labute approximate surface area is 173 Å². The van der Waals surface area contributed by atoms with Crippen LogP contribution in [0.25, 0.3) is 10.2 Å². The number of thiazole rings is 1. The van der Waals surface area contributed by atoms with Gasteiger partial charge in [0.2, 0.25) is 0 Å². The summed E-state index contributed by atoms with van der Waals surface area (Å²) in [6.07, 6.45) is 3.24. The van der Waals surface area contributed by atoms with Gasteiger partial charge in [0.15, 0.2) is 4.80 Å². The molecule has 152 valence electrons. The first kappa shape index (κ1) is 20.8. The second-order valence-corrected chi connectivity index (χ2v) is 7.61. The molecule has 0 spiro atoms. The number of carbonyl (C=O) groups is 2. The maximum absolute atomic E-state index is 12.7. The van der Waals surface area contributed by atoms with E-state index in [1.165, 1.54) is 24.0 Å². The van der Waals surface area contributed by atoms with E-state index in [-0.39, 0.29) is 12.5 Å². The summed E-state index contributed by atoms with van der Waals surface area (Å²) in [7, 11) is 2.92. The minimum atomic E-state index is -0.391. The van der Waals surface area contributed by atoms with Gasteiger partial charge in [0.05, 0.1) is 24.4 Å². The molecule has 0 bridgehead atoms. The average Bonchev–Trinajstić information content (AvgIpc) is 3.08. The highest BCUT2D eigenvalue weighted by molar-refractivity contribution is 7.16. The van der Waals surface area contributed by atoms with Crippen LogP contribution in [-0.2, 0) is 22.5 Å². The molecule has 0 aliphatic heterocycles. The summed E-state index contributed by atoms with van der Waals surface area (Å²) in [5.41, 5.74) is 2.55. The van der Waals surface area contributed by atoms with E-state index in [4.69, 9.17) is 9.47 Å². The summed E-state index contributed by atoms with van der Waals surface area (Å²) in [5.74, 6) is -0.0917. The number of fused-ring (bicyclic) bond motifs is 1. The molecule has 0 fully saturated rings. The van der Waals surface area contributed by atoms with Crippen molar-refractivity contribution in [2.24, 2.45) is 4.99 Å². The molecule has 0 aliphatic rings. The molecule has 6 nitrogen and oxygen atoms in total. The number of aromatic nitrogens is 1. The molecule has 0 N–H and O–H groups in total. The van der Waals surface area contributed by atoms with Crippen LogP contribution in [0.4, 0.5) is 0 Å². The number of esters is 1. The first-order valence-electron chi connectivity index (χ1n) is 9.48. The zero-order valence-electron chi connectivity index (χ0n) is 16.8. The molecule has 1 aromatic heterocycles. The van der Waals surface area contributed by atoms with Crippen molar-refractivity contribution in [3.05, 3.63) is 58.4 Å². The minimum absolute atomic E-state index is 0.000464. The fourth-order valence-corrected chi connectivity index (χ4v) is 4.06. The van der Waals surface area contributed by atoms with Crippen LogP contribution in [0, 0.1) is 0 Å². The summed E-state index contributed by atoms with van der Waals surface area (Å²) >= 11 is 1.40. The molecule has 1 amide bonds. The molecule has 3 rings (SSSR count). The highest BCUT2D eigenvalue weighted by Crippen LogP contribution is 2.21. The monoisotopic (exact) mass is 412 g/mol. The maximum atomic E-state index is 12.7. The Morgan fingerprint density at radius 1 is 1.10 bits per heavy atom. The van der Waals surface area contributed by atoms with Crippen LogP contribution in [0.1, 0.15) is 35.7 Å². The van der Waals surface area contributed by atoms with Crippen molar-refractivity contribution >= 4 is 33.4 Å². The summed E-state index contributed by atoms with van der Waals surface area (Å²) in [6, 6.07) is 12.9. The van der Waals surface area contributed by atoms with Gasteiger partial charge in [0.1, 0.15) is 12.3 Å². The lowest BCUT2D eigenvalue weighted by molar-refractivity contribution is -0.141. The fraction of sp³-hybridized carbons (Fsp3) is 0.318. The number of methoxy groups -OCH3 is 2. The molecule has 0 unspecified atom stereocenters. The predicted octanol–water partition coefficient (Wildman–Crippen LogP) is 3.97. The lowest BCUT2D eigenvalue weighted by atomic mass is 10.1. The molecule has 0 saturated carbocycles. The Bertz CT molecular complexity index is 1080. The van der Waals surface area contributed by atoms with Gasteiger partial charge in [0.25, 0.3) is 5.91 Å². The van der Waals surface area contributed by atoms with Crippen LogP contribution >= 0.6 is 11.3 Å².